The zero-order chi connectivity index (χ0) is 12.1. The zero-order valence-corrected chi connectivity index (χ0v) is 10.0. The normalized spacial score (nSPS) is 9.94. The first-order valence-corrected chi connectivity index (χ1v) is 5.67. The lowest BCUT2D eigenvalue weighted by atomic mass is 9.99. The Morgan fingerprint density at radius 3 is 2.53 bits per heavy atom. The quantitative estimate of drug-likeness (QED) is 0.764. The standard InChI is InChI=1S/C16H16O/c1-3-14-12-16(17-2)10-9-15(14)11-13-7-5-4-6-8-13/h3-10,12H,1,11H2,2H3. The van der Waals surface area contributed by atoms with Gasteiger partial charge in [0.05, 0.1) is 7.11 Å². The summed E-state index contributed by atoms with van der Waals surface area (Å²) in [6.07, 6.45) is 2.80. The van der Waals surface area contributed by atoms with Crippen molar-refractivity contribution >= 4 is 6.08 Å². The fraction of sp³-hybridized carbons (Fsp3) is 0.125. The van der Waals surface area contributed by atoms with Crippen LogP contribution in [-0.4, -0.2) is 7.11 Å². The SMILES string of the molecule is C=Cc1cc(OC)ccc1Cc1ccccc1. The van der Waals surface area contributed by atoms with E-state index in [2.05, 4.69) is 36.9 Å². The lowest BCUT2D eigenvalue weighted by Gasteiger charge is -2.08. The summed E-state index contributed by atoms with van der Waals surface area (Å²) in [6.45, 7) is 3.85. The van der Waals surface area contributed by atoms with Crippen molar-refractivity contribution < 1.29 is 4.74 Å². The van der Waals surface area contributed by atoms with E-state index in [4.69, 9.17) is 4.74 Å². The van der Waals surface area contributed by atoms with Crippen LogP contribution in [0.25, 0.3) is 6.08 Å². The highest BCUT2D eigenvalue weighted by Gasteiger charge is 2.02. The minimum Gasteiger partial charge on any atom is -0.497 e. The third-order valence-electron chi connectivity index (χ3n) is 2.81. The fourth-order valence-corrected chi connectivity index (χ4v) is 1.87. The highest BCUT2D eigenvalue weighted by molar-refractivity contribution is 5.55. The molecule has 0 saturated heterocycles. The van der Waals surface area contributed by atoms with Gasteiger partial charge in [0.15, 0.2) is 0 Å². The second-order valence-electron chi connectivity index (χ2n) is 3.93. The van der Waals surface area contributed by atoms with Crippen LogP contribution >= 0.6 is 0 Å². The van der Waals surface area contributed by atoms with Crippen molar-refractivity contribution in [2.45, 2.75) is 6.42 Å². The average Bonchev–Trinajstić information content (AvgIpc) is 2.40. The maximum absolute atomic E-state index is 5.21. The molecule has 2 aromatic rings. The molecule has 0 fully saturated rings. The van der Waals surface area contributed by atoms with Crippen LogP contribution in [0.1, 0.15) is 16.7 Å². The van der Waals surface area contributed by atoms with Crippen molar-refractivity contribution in [2.24, 2.45) is 0 Å². The van der Waals surface area contributed by atoms with E-state index in [1.807, 2.05) is 24.3 Å². The Bertz CT molecular complexity index is 500. The molecular formula is C16H16O. The molecule has 0 atom stereocenters. The fourth-order valence-electron chi connectivity index (χ4n) is 1.87. The Labute approximate surface area is 102 Å². The van der Waals surface area contributed by atoms with E-state index in [-0.39, 0.29) is 0 Å². The van der Waals surface area contributed by atoms with E-state index in [0.29, 0.717) is 0 Å². The monoisotopic (exact) mass is 224 g/mol. The molecule has 0 aliphatic carbocycles. The van der Waals surface area contributed by atoms with Gasteiger partial charge in [0, 0.05) is 0 Å². The first kappa shape index (κ1) is 11.5. The Morgan fingerprint density at radius 1 is 1.12 bits per heavy atom. The summed E-state index contributed by atoms with van der Waals surface area (Å²) in [4.78, 5) is 0. The summed E-state index contributed by atoms with van der Waals surface area (Å²) in [6, 6.07) is 16.5. The smallest absolute Gasteiger partial charge is 0.119 e. The van der Waals surface area contributed by atoms with Crippen LogP contribution < -0.4 is 4.74 Å². The molecule has 0 aromatic heterocycles. The molecule has 0 unspecified atom stereocenters. The maximum atomic E-state index is 5.21. The van der Waals surface area contributed by atoms with Crippen molar-refractivity contribution in [1.29, 1.82) is 0 Å². The van der Waals surface area contributed by atoms with E-state index >= 15 is 0 Å². The van der Waals surface area contributed by atoms with Gasteiger partial charge in [-0.25, -0.2) is 0 Å². The molecule has 1 heteroatoms. The van der Waals surface area contributed by atoms with Crippen LogP contribution in [0.4, 0.5) is 0 Å². The molecule has 0 spiro atoms. The number of methoxy groups -OCH3 is 1. The highest BCUT2D eigenvalue weighted by atomic mass is 16.5. The second kappa shape index (κ2) is 5.35. The number of rotatable bonds is 4. The van der Waals surface area contributed by atoms with E-state index in [0.717, 1.165) is 17.7 Å². The molecule has 2 rings (SSSR count). The van der Waals surface area contributed by atoms with Gasteiger partial charge < -0.3 is 4.74 Å². The third-order valence-corrected chi connectivity index (χ3v) is 2.81. The molecule has 0 aliphatic heterocycles. The Kier molecular flexibility index (Phi) is 3.61. The molecule has 86 valence electrons. The first-order chi connectivity index (χ1) is 8.33. The zero-order valence-electron chi connectivity index (χ0n) is 10.0. The van der Waals surface area contributed by atoms with Gasteiger partial charge in [-0.3, -0.25) is 0 Å². The predicted molar refractivity (Wildman–Crippen MR) is 72.3 cm³/mol. The number of ether oxygens (including phenoxy) is 1. The molecule has 0 bridgehead atoms. The lowest BCUT2D eigenvalue weighted by molar-refractivity contribution is 0.414. The van der Waals surface area contributed by atoms with Crippen molar-refractivity contribution in [3.63, 3.8) is 0 Å². The molecule has 0 amide bonds. The summed E-state index contributed by atoms with van der Waals surface area (Å²) < 4.78 is 5.21. The van der Waals surface area contributed by atoms with E-state index < -0.39 is 0 Å². The summed E-state index contributed by atoms with van der Waals surface area (Å²) >= 11 is 0. The predicted octanol–water partition coefficient (Wildman–Crippen LogP) is 3.93. The summed E-state index contributed by atoms with van der Waals surface area (Å²) in [5, 5.41) is 0. The molecule has 2 aromatic carbocycles. The van der Waals surface area contributed by atoms with Gasteiger partial charge in [0.25, 0.3) is 0 Å². The van der Waals surface area contributed by atoms with Gasteiger partial charge in [-0.1, -0.05) is 49.1 Å². The largest absolute Gasteiger partial charge is 0.497 e. The summed E-state index contributed by atoms with van der Waals surface area (Å²) in [5.74, 6) is 0.872. The van der Waals surface area contributed by atoms with Crippen molar-refractivity contribution in [1.82, 2.24) is 0 Å². The molecule has 1 nitrogen and oxygen atoms in total. The number of hydrogen-bond acceptors (Lipinski definition) is 1. The van der Waals surface area contributed by atoms with Crippen LogP contribution in [0, 0.1) is 0 Å². The molecule has 0 saturated carbocycles. The lowest BCUT2D eigenvalue weighted by Crippen LogP contribution is -1.93. The van der Waals surface area contributed by atoms with Crippen LogP contribution in [-0.2, 0) is 6.42 Å². The molecule has 0 N–H and O–H groups in total. The Morgan fingerprint density at radius 2 is 1.88 bits per heavy atom. The van der Waals surface area contributed by atoms with Crippen LogP contribution in [0.3, 0.4) is 0 Å². The Balaban J connectivity index is 2.30. The minimum absolute atomic E-state index is 0.872. The van der Waals surface area contributed by atoms with Gasteiger partial charge in [0.1, 0.15) is 5.75 Å². The minimum atomic E-state index is 0.872. The second-order valence-corrected chi connectivity index (χ2v) is 3.93. The van der Waals surface area contributed by atoms with Gasteiger partial charge in [0.2, 0.25) is 0 Å². The average molecular weight is 224 g/mol. The summed E-state index contributed by atoms with van der Waals surface area (Å²) in [5.41, 5.74) is 3.71. The number of hydrogen-bond donors (Lipinski definition) is 0. The van der Waals surface area contributed by atoms with Gasteiger partial charge >= 0.3 is 0 Å². The molecular weight excluding hydrogens is 208 g/mol. The summed E-state index contributed by atoms with van der Waals surface area (Å²) in [7, 11) is 1.68. The molecule has 0 aliphatic rings. The molecule has 17 heavy (non-hydrogen) atoms. The molecule has 0 radical (unpaired) electrons. The number of benzene rings is 2. The van der Waals surface area contributed by atoms with Crippen LogP contribution in [0.15, 0.2) is 55.1 Å². The van der Waals surface area contributed by atoms with Crippen molar-refractivity contribution in [2.75, 3.05) is 7.11 Å². The highest BCUT2D eigenvalue weighted by Crippen LogP contribution is 2.21. The van der Waals surface area contributed by atoms with E-state index in [1.54, 1.807) is 7.11 Å². The first-order valence-electron chi connectivity index (χ1n) is 5.67. The van der Waals surface area contributed by atoms with E-state index in [1.165, 1.54) is 11.1 Å². The van der Waals surface area contributed by atoms with Gasteiger partial charge in [-0.2, -0.15) is 0 Å². The Hall–Kier alpha value is -2.02. The van der Waals surface area contributed by atoms with Gasteiger partial charge in [-0.05, 0) is 35.2 Å². The molecule has 0 heterocycles. The van der Waals surface area contributed by atoms with Gasteiger partial charge in [-0.15, -0.1) is 0 Å². The van der Waals surface area contributed by atoms with Crippen molar-refractivity contribution in [3.8, 4) is 5.75 Å². The topological polar surface area (TPSA) is 9.23 Å². The van der Waals surface area contributed by atoms with Crippen molar-refractivity contribution in [3.05, 3.63) is 71.8 Å². The van der Waals surface area contributed by atoms with E-state index in [9.17, 15) is 0 Å². The third kappa shape index (κ3) is 2.76. The van der Waals surface area contributed by atoms with Crippen LogP contribution in [0.5, 0.6) is 5.75 Å². The maximum Gasteiger partial charge on any atom is 0.119 e. The van der Waals surface area contributed by atoms with Crippen LogP contribution in [0.2, 0.25) is 0 Å².